The van der Waals surface area contributed by atoms with Crippen LogP contribution in [0.1, 0.15) is 25.7 Å². The minimum absolute atomic E-state index is 0.0699. The first-order valence-corrected chi connectivity index (χ1v) is 6.15. The van der Waals surface area contributed by atoms with Gasteiger partial charge in [-0.15, -0.1) is 0 Å². The predicted octanol–water partition coefficient (Wildman–Crippen LogP) is 0.520. The Hall–Kier alpha value is -0.650. The molecular weight excluding hydrogens is 222 g/mol. The van der Waals surface area contributed by atoms with Crippen LogP contribution in [0.4, 0.5) is 0 Å². The van der Waals surface area contributed by atoms with Crippen LogP contribution >= 0.6 is 0 Å². The van der Waals surface area contributed by atoms with Crippen LogP contribution in [0.2, 0.25) is 0 Å². The van der Waals surface area contributed by atoms with Crippen molar-refractivity contribution < 1.29 is 19.4 Å². The van der Waals surface area contributed by atoms with Crippen LogP contribution in [0.15, 0.2) is 0 Å². The molecule has 0 aromatic carbocycles. The van der Waals surface area contributed by atoms with Crippen LogP contribution in [0.3, 0.4) is 0 Å². The Morgan fingerprint density at radius 3 is 2.35 bits per heavy atom. The quantitative estimate of drug-likeness (QED) is 0.669. The lowest BCUT2D eigenvalue weighted by Crippen LogP contribution is -2.39. The van der Waals surface area contributed by atoms with Crippen molar-refractivity contribution in [2.24, 2.45) is 11.8 Å². The second-order valence-electron chi connectivity index (χ2n) is 4.55. The highest BCUT2D eigenvalue weighted by atomic mass is 16.7. The van der Waals surface area contributed by atoms with Gasteiger partial charge in [-0.1, -0.05) is 0 Å². The molecule has 0 atom stereocenters. The standard InChI is InChI=1S/C12H23NO4/c1-16-11(17-2)7-13-12(15)10-5-3-9(8-14)4-6-10/h9-11,14H,3-8H2,1-2H3,(H,13,15). The van der Waals surface area contributed by atoms with Gasteiger partial charge in [0.2, 0.25) is 5.91 Å². The SMILES string of the molecule is COC(CNC(=O)C1CCC(CO)CC1)OC. The van der Waals surface area contributed by atoms with Crippen LogP contribution in [0.5, 0.6) is 0 Å². The van der Waals surface area contributed by atoms with Crippen LogP contribution in [-0.4, -0.2) is 44.7 Å². The summed E-state index contributed by atoms with van der Waals surface area (Å²) in [4.78, 5) is 11.8. The number of nitrogens with one attached hydrogen (secondary N) is 1. The summed E-state index contributed by atoms with van der Waals surface area (Å²) >= 11 is 0. The van der Waals surface area contributed by atoms with Gasteiger partial charge in [0.05, 0.1) is 6.54 Å². The van der Waals surface area contributed by atoms with Crippen molar-refractivity contribution in [3.05, 3.63) is 0 Å². The van der Waals surface area contributed by atoms with E-state index in [0.717, 1.165) is 25.7 Å². The number of methoxy groups -OCH3 is 2. The first kappa shape index (κ1) is 14.4. The summed E-state index contributed by atoms with van der Waals surface area (Å²) in [6.45, 7) is 0.621. The van der Waals surface area contributed by atoms with Gasteiger partial charge in [0.1, 0.15) is 0 Å². The van der Waals surface area contributed by atoms with E-state index in [1.54, 1.807) is 14.2 Å². The molecule has 0 spiro atoms. The zero-order valence-electron chi connectivity index (χ0n) is 10.6. The van der Waals surface area contributed by atoms with E-state index in [4.69, 9.17) is 14.6 Å². The third kappa shape index (κ3) is 4.61. The van der Waals surface area contributed by atoms with E-state index in [0.29, 0.717) is 12.5 Å². The molecule has 0 radical (unpaired) electrons. The topological polar surface area (TPSA) is 67.8 Å². The molecule has 1 aliphatic rings. The van der Waals surface area contributed by atoms with E-state index in [2.05, 4.69) is 5.32 Å². The lowest BCUT2D eigenvalue weighted by atomic mass is 9.82. The van der Waals surface area contributed by atoms with Crippen molar-refractivity contribution in [2.45, 2.75) is 32.0 Å². The molecule has 0 heterocycles. The minimum Gasteiger partial charge on any atom is -0.396 e. The molecule has 1 saturated carbocycles. The largest absolute Gasteiger partial charge is 0.396 e. The number of aliphatic hydroxyl groups is 1. The zero-order valence-corrected chi connectivity index (χ0v) is 10.6. The number of hydrogen-bond donors (Lipinski definition) is 2. The molecule has 0 aliphatic heterocycles. The normalized spacial score (nSPS) is 24.9. The predicted molar refractivity (Wildman–Crippen MR) is 63.3 cm³/mol. The molecule has 5 heteroatoms. The number of amides is 1. The summed E-state index contributed by atoms with van der Waals surface area (Å²) in [7, 11) is 3.10. The lowest BCUT2D eigenvalue weighted by Gasteiger charge is -2.26. The summed E-state index contributed by atoms with van der Waals surface area (Å²) in [5.41, 5.74) is 0. The van der Waals surface area contributed by atoms with Gasteiger partial charge in [-0.05, 0) is 31.6 Å². The Bertz CT molecular complexity index is 223. The monoisotopic (exact) mass is 245 g/mol. The highest BCUT2D eigenvalue weighted by Gasteiger charge is 2.26. The fraction of sp³-hybridized carbons (Fsp3) is 0.917. The Kier molecular flexibility index (Phi) is 6.47. The van der Waals surface area contributed by atoms with Crippen LogP contribution in [-0.2, 0) is 14.3 Å². The second-order valence-corrected chi connectivity index (χ2v) is 4.55. The summed E-state index contributed by atoms with van der Waals surface area (Å²) < 4.78 is 10.0. The molecule has 0 unspecified atom stereocenters. The van der Waals surface area contributed by atoms with E-state index >= 15 is 0 Å². The maximum Gasteiger partial charge on any atom is 0.223 e. The van der Waals surface area contributed by atoms with E-state index in [9.17, 15) is 4.79 Å². The van der Waals surface area contributed by atoms with Crippen molar-refractivity contribution in [1.29, 1.82) is 0 Å². The van der Waals surface area contributed by atoms with Gasteiger partial charge in [0.15, 0.2) is 6.29 Å². The molecule has 0 saturated heterocycles. The van der Waals surface area contributed by atoms with E-state index in [1.807, 2.05) is 0 Å². The average molecular weight is 245 g/mol. The molecule has 1 fully saturated rings. The molecule has 0 aromatic rings. The fourth-order valence-corrected chi connectivity index (χ4v) is 2.20. The van der Waals surface area contributed by atoms with E-state index in [-0.39, 0.29) is 24.7 Å². The number of carbonyl (C=O) groups excluding carboxylic acids is 1. The Labute approximate surface area is 102 Å². The molecule has 1 rings (SSSR count). The highest BCUT2D eigenvalue weighted by molar-refractivity contribution is 5.78. The fourth-order valence-electron chi connectivity index (χ4n) is 2.20. The molecular formula is C12H23NO4. The Morgan fingerprint density at radius 1 is 1.29 bits per heavy atom. The maximum atomic E-state index is 11.8. The van der Waals surface area contributed by atoms with E-state index in [1.165, 1.54) is 0 Å². The van der Waals surface area contributed by atoms with Crippen molar-refractivity contribution in [1.82, 2.24) is 5.32 Å². The summed E-state index contributed by atoms with van der Waals surface area (Å²) in [6.07, 6.45) is 3.22. The maximum absolute atomic E-state index is 11.8. The van der Waals surface area contributed by atoms with Crippen LogP contribution in [0.25, 0.3) is 0 Å². The molecule has 1 aliphatic carbocycles. The molecule has 5 nitrogen and oxygen atoms in total. The zero-order chi connectivity index (χ0) is 12.7. The molecule has 0 aromatic heterocycles. The number of ether oxygens (including phenoxy) is 2. The van der Waals surface area contributed by atoms with Crippen molar-refractivity contribution in [3.8, 4) is 0 Å². The van der Waals surface area contributed by atoms with Gasteiger partial charge in [0, 0.05) is 26.7 Å². The molecule has 0 bridgehead atoms. The third-order valence-electron chi connectivity index (χ3n) is 3.44. The highest BCUT2D eigenvalue weighted by Crippen LogP contribution is 2.28. The summed E-state index contributed by atoms with van der Waals surface area (Å²) in [5, 5.41) is 11.9. The number of rotatable bonds is 6. The van der Waals surface area contributed by atoms with Gasteiger partial charge < -0.3 is 19.9 Å². The van der Waals surface area contributed by atoms with E-state index < -0.39 is 0 Å². The molecule has 2 N–H and O–H groups in total. The molecule has 100 valence electrons. The van der Waals surface area contributed by atoms with Crippen molar-refractivity contribution in [2.75, 3.05) is 27.4 Å². The second kappa shape index (κ2) is 7.63. The summed E-state index contributed by atoms with van der Waals surface area (Å²) in [6, 6.07) is 0. The number of carbonyl (C=O) groups is 1. The van der Waals surface area contributed by atoms with Crippen LogP contribution in [0, 0.1) is 11.8 Å². The lowest BCUT2D eigenvalue weighted by molar-refractivity contribution is -0.132. The van der Waals surface area contributed by atoms with Gasteiger partial charge >= 0.3 is 0 Å². The first-order chi connectivity index (χ1) is 8.21. The Balaban J connectivity index is 2.24. The molecule has 1 amide bonds. The van der Waals surface area contributed by atoms with Gasteiger partial charge in [-0.25, -0.2) is 0 Å². The van der Waals surface area contributed by atoms with Gasteiger partial charge in [-0.3, -0.25) is 4.79 Å². The van der Waals surface area contributed by atoms with Gasteiger partial charge in [0.25, 0.3) is 0 Å². The Morgan fingerprint density at radius 2 is 1.88 bits per heavy atom. The minimum atomic E-state index is -0.382. The van der Waals surface area contributed by atoms with Gasteiger partial charge in [-0.2, -0.15) is 0 Å². The number of hydrogen-bond acceptors (Lipinski definition) is 4. The average Bonchev–Trinajstić information content (AvgIpc) is 2.39. The smallest absolute Gasteiger partial charge is 0.223 e. The summed E-state index contributed by atoms with van der Waals surface area (Å²) in [5.74, 6) is 0.525. The first-order valence-electron chi connectivity index (χ1n) is 6.15. The van der Waals surface area contributed by atoms with Crippen molar-refractivity contribution in [3.63, 3.8) is 0 Å². The van der Waals surface area contributed by atoms with Crippen molar-refractivity contribution >= 4 is 5.91 Å². The molecule has 17 heavy (non-hydrogen) atoms. The third-order valence-corrected chi connectivity index (χ3v) is 3.44. The van der Waals surface area contributed by atoms with Crippen LogP contribution < -0.4 is 5.32 Å². The number of aliphatic hydroxyl groups excluding tert-OH is 1.